The summed E-state index contributed by atoms with van der Waals surface area (Å²) >= 11 is 3.24. The zero-order valence-electron chi connectivity index (χ0n) is 11.2. The van der Waals surface area contributed by atoms with E-state index in [1.165, 1.54) is 30.5 Å². The van der Waals surface area contributed by atoms with Gasteiger partial charge < -0.3 is 5.73 Å². The van der Waals surface area contributed by atoms with E-state index in [0.717, 1.165) is 19.3 Å². The molecule has 2 rings (SSSR count). The maximum absolute atomic E-state index is 12.1. The summed E-state index contributed by atoms with van der Waals surface area (Å²) in [5.41, 5.74) is 7.54. The van der Waals surface area contributed by atoms with Crippen LogP contribution in [0.15, 0.2) is 39.2 Å². The van der Waals surface area contributed by atoms with E-state index in [1.807, 2.05) is 0 Å². The number of sulfonamides is 1. The highest BCUT2D eigenvalue weighted by molar-refractivity contribution is 9.10. The monoisotopic (exact) mass is 358 g/mol. The van der Waals surface area contributed by atoms with Crippen molar-refractivity contribution in [3.05, 3.63) is 34.3 Å². The van der Waals surface area contributed by atoms with Crippen molar-refractivity contribution in [1.82, 2.24) is 4.72 Å². The molecule has 0 aliphatic heterocycles. The molecule has 0 spiro atoms. The van der Waals surface area contributed by atoms with Crippen LogP contribution in [0.5, 0.6) is 0 Å². The molecule has 20 heavy (non-hydrogen) atoms. The number of allylic oxidation sites excluding steroid dienone is 1. The van der Waals surface area contributed by atoms with Crippen LogP contribution in [0.4, 0.5) is 5.69 Å². The van der Waals surface area contributed by atoms with Gasteiger partial charge in [0.25, 0.3) is 0 Å². The first-order valence-electron chi connectivity index (χ1n) is 6.71. The fourth-order valence-corrected chi connectivity index (χ4v) is 3.82. The summed E-state index contributed by atoms with van der Waals surface area (Å²) in [4.78, 5) is 0.233. The molecule has 0 saturated heterocycles. The molecule has 3 N–H and O–H groups in total. The van der Waals surface area contributed by atoms with Crippen molar-refractivity contribution in [1.29, 1.82) is 0 Å². The van der Waals surface area contributed by atoms with Gasteiger partial charge in [0.2, 0.25) is 10.0 Å². The summed E-state index contributed by atoms with van der Waals surface area (Å²) in [6, 6.07) is 4.63. The molecule has 1 aromatic carbocycles. The van der Waals surface area contributed by atoms with E-state index in [4.69, 9.17) is 5.73 Å². The van der Waals surface area contributed by atoms with E-state index in [9.17, 15) is 8.42 Å². The van der Waals surface area contributed by atoms with Crippen molar-refractivity contribution in [2.24, 2.45) is 0 Å². The van der Waals surface area contributed by atoms with Gasteiger partial charge in [0, 0.05) is 16.7 Å². The zero-order chi connectivity index (χ0) is 14.6. The van der Waals surface area contributed by atoms with Crippen molar-refractivity contribution >= 4 is 31.6 Å². The van der Waals surface area contributed by atoms with Gasteiger partial charge in [0.05, 0.1) is 4.90 Å². The second-order valence-electron chi connectivity index (χ2n) is 4.94. The Balaban J connectivity index is 1.96. The zero-order valence-corrected chi connectivity index (χ0v) is 13.6. The molecule has 0 atom stereocenters. The first kappa shape index (κ1) is 15.5. The van der Waals surface area contributed by atoms with Gasteiger partial charge in [0.1, 0.15) is 0 Å². The Morgan fingerprint density at radius 1 is 1.30 bits per heavy atom. The summed E-state index contributed by atoms with van der Waals surface area (Å²) in [6.07, 6.45) is 7.69. The average molecular weight is 359 g/mol. The molecule has 1 aliphatic carbocycles. The number of hydrogen-bond donors (Lipinski definition) is 2. The number of rotatable bonds is 5. The predicted molar refractivity (Wildman–Crippen MR) is 84.9 cm³/mol. The molecule has 0 amide bonds. The number of halogens is 1. The van der Waals surface area contributed by atoms with Crippen molar-refractivity contribution < 1.29 is 8.42 Å². The molecule has 0 saturated carbocycles. The fraction of sp³-hybridized carbons (Fsp3) is 0.429. The molecule has 6 heteroatoms. The third-order valence-electron chi connectivity index (χ3n) is 3.41. The Morgan fingerprint density at radius 2 is 2.10 bits per heavy atom. The third-order valence-corrected chi connectivity index (χ3v) is 5.55. The molecule has 0 aromatic heterocycles. The van der Waals surface area contributed by atoms with Gasteiger partial charge in [-0.3, -0.25) is 0 Å². The van der Waals surface area contributed by atoms with Gasteiger partial charge in [0.15, 0.2) is 0 Å². The Bertz CT molecular complexity index is 612. The molecule has 1 aromatic rings. The second kappa shape index (κ2) is 6.74. The molecular weight excluding hydrogens is 340 g/mol. The van der Waals surface area contributed by atoms with Crippen molar-refractivity contribution in [2.75, 3.05) is 12.3 Å². The first-order chi connectivity index (χ1) is 9.49. The van der Waals surface area contributed by atoms with Gasteiger partial charge in [-0.25, -0.2) is 13.1 Å². The lowest BCUT2D eigenvalue weighted by Crippen LogP contribution is -2.25. The first-order valence-corrected chi connectivity index (χ1v) is 8.99. The van der Waals surface area contributed by atoms with E-state index in [0.29, 0.717) is 16.7 Å². The van der Waals surface area contributed by atoms with Crippen molar-refractivity contribution in [2.45, 2.75) is 37.0 Å². The maximum atomic E-state index is 12.1. The Hall–Kier alpha value is -0.850. The highest BCUT2D eigenvalue weighted by Crippen LogP contribution is 2.23. The smallest absolute Gasteiger partial charge is 0.240 e. The third kappa shape index (κ3) is 4.07. The van der Waals surface area contributed by atoms with Crippen LogP contribution >= 0.6 is 15.9 Å². The standard InChI is InChI=1S/C14H19BrN2O2S/c15-13-10-12(6-7-14(13)16)20(18,19)17-9-8-11-4-2-1-3-5-11/h4,6-7,10,17H,1-3,5,8-9,16H2. The minimum Gasteiger partial charge on any atom is -0.398 e. The molecule has 0 fully saturated rings. The topological polar surface area (TPSA) is 72.2 Å². The van der Waals surface area contributed by atoms with Crippen LogP contribution < -0.4 is 10.5 Å². The molecule has 0 heterocycles. The molecule has 110 valence electrons. The van der Waals surface area contributed by atoms with Crippen LogP contribution in [-0.4, -0.2) is 15.0 Å². The summed E-state index contributed by atoms with van der Waals surface area (Å²) in [5, 5.41) is 0. The quantitative estimate of drug-likeness (QED) is 0.626. The number of benzene rings is 1. The van der Waals surface area contributed by atoms with Gasteiger partial charge in [-0.2, -0.15) is 0 Å². The average Bonchev–Trinajstić information content (AvgIpc) is 2.43. The van der Waals surface area contributed by atoms with Gasteiger partial charge >= 0.3 is 0 Å². The van der Waals surface area contributed by atoms with E-state index in [-0.39, 0.29) is 4.90 Å². The largest absolute Gasteiger partial charge is 0.398 e. The minimum atomic E-state index is -3.46. The van der Waals surface area contributed by atoms with E-state index in [2.05, 4.69) is 26.7 Å². The highest BCUT2D eigenvalue weighted by Gasteiger charge is 2.15. The summed E-state index contributed by atoms with van der Waals surface area (Å²) < 4.78 is 27.5. The lowest BCUT2D eigenvalue weighted by molar-refractivity contribution is 0.579. The number of hydrogen-bond acceptors (Lipinski definition) is 3. The minimum absolute atomic E-state index is 0.233. The number of nitrogens with one attached hydrogen (secondary N) is 1. The van der Waals surface area contributed by atoms with Gasteiger partial charge in [-0.15, -0.1) is 0 Å². The number of nitrogen functional groups attached to an aromatic ring is 1. The maximum Gasteiger partial charge on any atom is 0.240 e. The lowest BCUT2D eigenvalue weighted by Gasteiger charge is -2.13. The van der Waals surface area contributed by atoms with E-state index in [1.54, 1.807) is 6.07 Å². The summed E-state index contributed by atoms with van der Waals surface area (Å²) in [5.74, 6) is 0. The Labute approximate surface area is 128 Å². The molecular formula is C14H19BrN2O2S. The summed E-state index contributed by atoms with van der Waals surface area (Å²) in [6.45, 7) is 0.441. The Kier molecular flexibility index (Phi) is 5.23. The lowest BCUT2D eigenvalue weighted by atomic mass is 9.97. The summed E-state index contributed by atoms with van der Waals surface area (Å²) in [7, 11) is -3.46. The number of nitrogens with two attached hydrogens (primary N) is 1. The highest BCUT2D eigenvalue weighted by atomic mass is 79.9. The predicted octanol–water partition coefficient (Wildman–Crippen LogP) is 3.20. The normalized spacial score (nSPS) is 15.9. The number of anilines is 1. The van der Waals surface area contributed by atoms with Crippen LogP contribution in [0, 0.1) is 0 Å². The molecule has 1 aliphatic rings. The van der Waals surface area contributed by atoms with Crippen LogP contribution in [0.25, 0.3) is 0 Å². The van der Waals surface area contributed by atoms with Crippen LogP contribution in [0.3, 0.4) is 0 Å². The molecule has 4 nitrogen and oxygen atoms in total. The van der Waals surface area contributed by atoms with E-state index < -0.39 is 10.0 Å². The fourth-order valence-electron chi connectivity index (χ4n) is 2.24. The second-order valence-corrected chi connectivity index (χ2v) is 7.56. The van der Waals surface area contributed by atoms with Crippen molar-refractivity contribution in [3.63, 3.8) is 0 Å². The molecule has 0 radical (unpaired) electrons. The van der Waals surface area contributed by atoms with Crippen LogP contribution in [-0.2, 0) is 10.0 Å². The van der Waals surface area contributed by atoms with Crippen LogP contribution in [0.2, 0.25) is 0 Å². The SMILES string of the molecule is Nc1ccc(S(=O)(=O)NCCC2=CCCCC2)cc1Br. The molecule has 0 unspecified atom stereocenters. The van der Waals surface area contributed by atoms with Gasteiger partial charge in [-0.1, -0.05) is 11.6 Å². The van der Waals surface area contributed by atoms with Crippen molar-refractivity contribution in [3.8, 4) is 0 Å². The molecule has 0 bridgehead atoms. The van der Waals surface area contributed by atoms with Gasteiger partial charge in [-0.05, 0) is 66.2 Å². The van der Waals surface area contributed by atoms with Crippen LogP contribution in [0.1, 0.15) is 32.1 Å². The van der Waals surface area contributed by atoms with E-state index >= 15 is 0 Å². The Morgan fingerprint density at radius 3 is 2.75 bits per heavy atom.